The molecule has 2 aliphatic rings. The van der Waals surface area contributed by atoms with Crippen LogP contribution < -0.4 is 5.32 Å². The van der Waals surface area contributed by atoms with E-state index < -0.39 is 0 Å². The van der Waals surface area contributed by atoms with Crippen LogP contribution >= 0.6 is 0 Å². The highest BCUT2D eigenvalue weighted by Gasteiger charge is 2.27. The largest absolute Gasteiger partial charge is 0.315 e. The Labute approximate surface area is 118 Å². The molecule has 0 amide bonds. The van der Waals surface area contributed by atoms with E-state index in [0.29, 0.717) is 6.04 Å². The van der Waals surface area contributed by atoms with E-state index in [2.05, 4.69) is 49.2 Å². The first-order valence-electron chi connectivity index (χ1n) is 7.31. The Hall–Kier alpha value is -1.72. The molecule has 4 rings (SSSR count). The highest BCUT2D eigenvalue weighted by atomic mass is 15.3. The monoisotopic (exact) mass is 269 g/mol. The predicted molar refractivity (Wildman–Crippen MR) is 75.9 cm³/mol. The highest BCUT2D eigenvalue weighted by molar-refractivity contribution is 5.31. The summed E-state index contributed by atoms with van der Waals surface area (Å²) in [4.78, 5) is 2.55. The summed E-state index contributed by atoms with van der Waals surface area (Å²) in [5.41, 5.74) is 2.91. The smallest absolute Gasteiger partial charge is 0.147 e. The van der Waals surface area contributed by atoms with Crippen LogP contribution in [0.4, 0.5) is 0 Å². The summed E-state index contributed by atoms with van der Waals surface area (Å²) < 4.78 is 2.16. The van der Waals surface area contributed by atoms with Gasteiger partial charge >= 0.3 is 0 Å². The molecule has 0 aliphatic carbocycles. The Bertz CT molecular complexity index is 606. The molecule has 2 aromatic rings. The molecule has 20 heavy (non-hydrogen) atoms. The maximum Gasteiger partial charge on any atom is 0.147 e. The van der Waals surface area contributed by atoms with E-state index in [1.807, 2.05) is 6.33 Å². The van der Waals surface area contributed by atoms with E-state index in [1.165, 1.54) is 11.1 Å². The van der Waals surface area contributed by atoms with Crippen molar-refractivity contribution in [2.45, 2.75) is 32.1 Å². The van der Waals surface area contributed by atoms with E-state index >= 15 is 0 Å². The zero-order valence-corrected chi connectivity index (χ0v) is 11.5. The summed E-state index contributed by atoms with van der Waals surface area (Å²) in [5, 5.41) is 11.8. The molecule has 1 aromatic heterocycles. The van der Waals surface area contributed by atoms with Crippen molar-refractivity contribution in [3.8, 4) is 0 Å². The number of aromatic nitrogens is 3. The third-order valence-electron chi connectivity index (χ3n) is 4.43. The SMILES string of the molecule is c1ccc2c(c1)CNCCC2N1CCn2cnnc2C1. The molecular formula is C15H19N5. The summed E-state index contributed by atoms with van der Waals surface area (Å²) in [7, 11) is 0. The minimum absolute atomic E-state index is 0.492. The molecule has 1 N–H and O–H groups in total. The number of nitrogens with zero attached hydrogens (tertiary/aromatic N) is 4. The van der Waals surface area contributed by atoms with Crippen LogP contribution in [0.15, 0.2) is 30.6 Å². The maximum absolute atomic E-state index is 4.24. The number of nitrogens with one attached hydrogen (secondary N) is 1. The average molecular weight is 269 g/mol. The fourth-order valence-electron chi connectivity index (χ4n) is 3.37. The molecule has 1 unspecified atom stereocenters. The molecule has 1 atom stereocenters. The fraction of sp³-hybridized carbons (Fsp3) is 0.467. The van der Waals surface area contributed by atoms with Crippen molar-refractivity contribution in [3.63, 3.8) is 0 Å². The van der Waals surface area contributed by atoms with Gasteiger partial charge in [-0.2, -0.15) is 0 Å². The van der Waals surface area contributed by atoms with Crippen LogP contribution in [0.3, 0.4) is 0 Å². The maximum atomic E-state index is 4.24. The lowest BCUT2D eigenvalue weighted by molar-refractivity contribution is 0.146. The molecule has 5 heteroatoms. The topological polar surface area (TPSA) is 46.0 Å². The first-order valence-corrected chi connectivity index (χ1v) is 7.31. The number of hydrogen-bond donors (Lipinski definition) is 1. The third-order valence-corrected chi connectivity index (χ3v) is 4.43. The Balaban J connectivity index is 1.65. The summed E-state index contributed by atoms with van der Waals surface area (Å²) in [6.07, 6.45) is 3.00. The van der Waals surface area contributed by atoms with Crippen LogP contribution in [0.2, 0.25) is 0 Å². The zero-order valence-electron chi connectivity index (χ0n) is 11.5. The van der Waals surface area contributed by atoms with Gasteiger partial charge in [0.2, 0.25) is 0 Å². The van der Waals surface area contributed by atoms with E-state index in [1.54, 1.807) is 0 Å². The molecule has 104 valence electrons. The summed E-state index contributed by atoms with van der Waals surface area (Å²) in [6, 6.07) is 9.31. The minimum atomic E-state index is 0.492. The van der Waals surface area contributed by atoms with Crippen molar-refractivity contribution in [1.82, 2.24) is 25.0 Å². The van der Waals surface area contributed by atoms with Gasteiger partial charge in [0.25, 0.3) is 0 Å². The van der Waals surface area contributed by atoms with Crippen molar-refractivity contribution in [1.29, 1.82) is 0 Å². The molecule has 2 aliphatic heterocycles. The Morgan fingerprint density at radius 2 is 2.15 bits per heavy atom. The van der Waals surface area contributed by atoms with Gasteiger partial charge < -0.3 is 9.88 Å². The molecule has 0 saturated heterocycles. The number of fused-ring (bicyclic) bond motifs is 2. The second kappa shape index (κ2) is 5.00. The van der Waals surface area contributed by atoms with Crippen LogP contribution in [0, 0.1) is 0 Å². The standard InChI is InChI=1S/C15H19N5/c1-2-4-13-12(3-1)9-16-6-5-14(13)19-7-8-20-11-17-18-15(20)10-19/h1-4,11,14,16H,5-10H2. The first kappa shape index (κ1) is 12.1. The van der Waals surface area contributed by atoms with E-state index in [-0.39, 0.29) is 0 Å². The normalized spacial score (nSPS) is 22.9. The lowest BCUT2D eigenvalue weighted by Crippen LogP contribution is -2.37. The number of benzene rings is 1. The second-order valence-corrected chi connectivity index (χ2v) is 5.59. The van der Waals surface area contributed by atoms with Crippen LogP contribution in [0.1, 0.15) is 29.4 Å². The zero-order chi connectivity index (χ0) is 13.4. The van der Waals surface area contributed by atoms with Gasteiger partial charge in [0.1, 0.15) is 12.2 Å². The van der Waals surface area contributed by atoms with Gasteiger partial charge in [-0.25, -0.2) is 0 Å². The molecule has 5 nitrogen and oxygen atoms in total. The van der Waals surface area contributed by atoms with Crippen molar-refractivity contribution in [2.75, 3.05) is 13.1 Å². The quantitative estimate of drug-likeness (QED) is 0.848. The first-order chi connectivity index (χ1) is 9.92. The fourth-order valence-corrected chi connectivity index (χ4v) is 3.37. The van der Waals surface area contributed by atoms with E-state index in [9.17, 15) is 0 Å². The van der Waals surface area contributed by atoms with Gasteiger partial charge in [-0.1, -0.05) is 24.3 Å². The van der Waals surface area contributed by atoms with Crippen molar-refractivity contribution >= 4 is 0 Å². The lowest BCUT2D eigenvalue weighted by Gasteiger charge is -2.34. The summed E-state index contributed by atoms with van der Waals surface area (Å²) >= 11 is 0. The van der Waals surface area contributed by atoms with Gasteiger partial charge in [-0.05, 0) is 24.1 Å². The van der Waals surface area contributed by atoms with E-state index in [4.69, 9.17) is 0 Å². The molecule has 0 radical (unpaired) electrons. The lowest BCUT2D eigenvalue weighted by atomic mass is 9.97. The van der Waals surface area contributed by atoms with Gasteiger partial charge in [-0.3, -0.25) is 4.90 Å². The Morgan fingerprint density at radius 1 is 1.20 bits per heavy atom. The summed E-state index contributed by atoms with van der Waals surface area (Å²) in [5.74, 6) is 1.09. The second-order valence-electron chi connectivity index (χ2n) is 5.59. The van der Waals surface area contributed by atoms with Crippen molar-refractivity contribution in [3.05, 3.63) is 47.5 Å². The van der Waals surface area contributed by atoms with Crippen molar-refractivity contribution in [2.24, 2.45) is 0 Å². The molecular weight excluding hydrogens is 250 g/mol. The number of hydrogen-bond acceptors (Lipinski definition) is 4. The Morgan fingerprint density at radius 3 is 3.15 bits per heavy atom. The van der Waals surface area contributed by atoms with Crippen LogP contribution in [-0.2, 0) is 19.6 Å². The van der Waals surface area contributed by atoms with Gasteiger partial charge in [0.05, 0.1) is 6.54 Å². The van der Waals surface area contributed by atoms with Gasteiger partial charge in [0.15, 0.2) is 0 Å². The van der Waals surface area contributed by atoms with Crippen LogP contribution in [0.25, 0.3) is 0 Å². The summed E-state index contributed by atoms with van der Waals surface area (Å²) in [6.45, 7) is 5.02. The van der Waals surface area contributed by atoms with Gasteiger partial charge in [0, 0.05) is 25.7 Å². The van der Waals surface area contributed by atoms with E-state index in [0.717, 1.165) is 45.0 Å². The number of rotatable bonds is 1. The predicted octanol–water partition coefficient (Wildman–Crippen LogP) is 1.33. The molecule has 0 bridgehead atoms. The highest BCUT2D eigenvalue weighted by Crippen LogP contribution is 2.31. The van der Waals surface area contributed by atoms with Crippen LogP contribution in [-0.4, -0.2) is 32.8 Å². The van der Waals surface area contributed by atoms with Crippen LogP contribution in [0.5, 0.6) is 0 Å². The van der Waals surface area contributed by atoms with Crippen molar-refractivity contribution < 1.29 is 0 Å². The van der Waals surface area contributed by atoms with Gasteiger partial charge in [-0.15, -0.1) is 10.2 Å². The Kier molecular flexibility index (Phi) is 3.01. The average Bonchev–Trinajstić information content (AvgIpc) is 2.85. The molecule has 0 fully saturated rings. The molecule has 0 saturated carbocycles. The minimum Gasteiger partial charge on any atom is -0.315 e. The molecule has 1 aromatic carbocycles. The molecule has 0 spiro atoms. The molecule has 3 heterocycles. The third kappa shape index (κ3) is 2.03.